The van der Waals surface area contributed by atoms with E-state index in [-0.39, 0.29) is 5.69 Å². The summed E-state index contributed by atoms with van der Waals surface area (Å²) in [7, 11) is 2.83. The second kappa shape index (κ2) is 7.68. The van der Waals surface area contributed by atoms with E-state index >= 15 is 0 Å². The van der Waals surface area contributed by atoms with Crippen molar-refractivity contribution in [2.45, 2.75) is 25.6 Å². The van der Waals surface area contributed by atoms with Gasteiger partial charge in [-0.2, -0.15) is 0 Å². The molecule has 0 bridgehead atoms. The number of methoxy groups -OCH3 is 1. The van der Waals surface area contributed by atoms with Gasteiger partial charge in [0.25, 0.3) is 5.56 Å². The van der Waals surface area contributed by atoms with Gasteiger partial charge in [0.05, 0.1) is 0 Å². The minimum absolute atomic E-state index is 0.167. The minimum atomic E-state index is -1.46. The summed E-state index contributed by atoms with van der Waals surface area (Å²) in [5.41, 5.74) is 2.46. The molecule has 1 aliphatic rings. The Kier molecular flexibility index (Phi) is 5.35. The highest BCUT2D eigenvalue weighted by atomic mass is 16.6. The lowest BCUT2D eigenvalue weighted by atomic mass is 9.94. The molecule has 136 valence electrons. The molecule has 0 saturated carbocycles. The first-order valence-electron chi connectivity index (χ1n) is 8.47. The molecule has 0 saturated heterocycles. The predicted molar refractivity (Wildman–Crippen MR) is 98.7 cm³/mol. The molecule has 26 heavy (non-hydrogen) atoms. The molecule has 1 atom stereocenters. The van der Waals surface area contributed by atoms with E-state index in [0.29, 0.717) is 12.2 Å². The minimum Gasteiger partial charge on any atom is -0.502 e. The van der Waals surface area contributed by atoms with Gasteiger partial charge >= 0.3 is 0 Å². The van der Waals surface area contributed by atoms with E-state index in [9.17, 15) is 15.0 Å². The molecule has 0 fully saturated rings. The highest BCUT2D eigenvalue weighted by molar-refractivity contribution is 5.76. The predicted octanol–water partition coefficient (Wildman–Crippen LogP) is 2.45. The first kappa shape index (κ1) is 18.1. The third-order valence-corrected chi connectivity index (χ3v) is 4.52. The van der Waals surface area contributed by atoms with Crippen LogP contribution in [0.5, 0.6) is 5.75 Å². The number of benzene rings is 1. The molecule has 6 heteroatoms. The molecule has 1 aliphatic carbocycles. The van der Waals surface area contributed by atoms with Crippen LogP contribution in [0.25, 0.3) is 5.57 Å². The molecule has 2 aromatic rings. The van der Waals surface area contributed by atoms with Gasteiger partial charge in [-0.05, 0) is 29.5 Å². The van der Waals surface area contributed by atoms with Gasteiger partial charge in [-0.25, -0.2) is 4.98 Å². The number of aromatic hydroxyl groups is 1. The highest BCUT2D eigenvalue weighted by Gasteiger charge is 2.21. The Hall–Kier alpha value is -2.70. The van der Waals surface area contributed by atoms with Gasteiger partial charge in [0.1, 0.15) is 11.5 Å². The van der Waals surface area contributed by atoms with Crippen molar-refractivity contribution in [1.82, 2.24) is 9.55 Å². The second-order valence-electron chi connectivity index (χ2n) is 6.19. The second-order valence-corrected chi connectivity index (χ2v) is 6.19. The summed E-state index contributed by atoms with van der Waals surface area (Å²) >= 11 is 0. The molecule has 1 heterocycles. The molecule has 0 radical (unpaired) electrons. The van der Waals surface area contributed by atoms with Crippen molar-refractivity contribution in [3.63, 3.8) is 0 Å². The lowest BCUT2D eigenvalue weighted by Gasteiger charge is -2.16. The van der Waals surface area contributed by atoms with E-state index in [4.69, 9.17) is 4.74 Å². The average Bonchev–Trinajstić information content (AvgIpc) is 2.69. The van der Waals surface area contributed by atoms with Gasteiger partial charge in [-0.15, -0.1) is 0 Å². The number of rotatable bonds is 5. The molecule has 0 aliphatic heterocycles. The van der Waals surface area contributed by atoms with Crippen LogP contribution in [-0.4, -0.2) is 26.9 Å². The smallest absolute Gasteiger partial charge is 0.295 e. The summed E-state index contributed by atoms with van der Waals surface area (Å²) in [6.45, 7) is 0. The monoisotopic (exact) mass is 354 g/mol. The largest absolute Gasteiger partial charge is 0.502 e. The molecule has 1 aromatic heterocycles. The molecule has 0 amide bonds. The van der Waals surface area contributed by atoms with Crippen LogP contribution in [0, 0.1) is 0 Å². The standard InChI is InChI=1S/C20H22N2O4/c1-22-16(21-17(20(25)26-2)18(23)19(22)24)12-14-10-6-7-11-15(14)13-8-4-3-5-9-13/h4,6-11,20,23,25H,3,5,12H2,1-2H3. The van der Waals surface area contributed by atoms with Gasteiger partial charge < -0.3 is 14.9 Å². The summed E-state index contributed by atoms with van der Waals surface area (Å²) in [5.74, 6) is -0.163. The molecule has 2 N–H and O–H groups in total. The number of nitrogens with zero attached hydrogens (tertiary/aromatic N) is 2. The van der Waals surface area contributed by atoms with Crippen LogP contribution in [0.2, 0.25) is 0 Å². The third-order valence-electron chi connectivity index (χ3n) is 4.52. The van der Waals surface area contributed by atoms with E-state index < -0.39 is 17.6 Å². The van der Waals surface area contributed by atoms with E-state index in [2.05, 4.69) is 23.2 Å². The SMILES string of the molecule is COC(O)c1nc(Cc2ccccc2C2=CCCC=C2)n(C)c(=O)c1O. The summed E-state index contributed by atoms with van der Waals surface area (Å²) in [4.78, 5) is 16.6. The van der Waals surface area contributed by atoms with Crippen LogP contribution < -0.4 is 5.56 Å². The Morgan fingerprint density at radius 2 is 2.08 bits per heavy atom. The zero-order chi connectivity index (χ0) is 18.7. The molecule has 3 rings (SSSR count). The maximum Gasteiger partial charge on any atom is 0.295 e. The van der Waals surface area contributed by atoms with E-state index in [0.717, 1.165) is 29.5 Å². The Bertz CT molecular complexity index is 928. The van der Waals surface area contributed by atoms with E-state index in [1.54, 1.807) is 7.05 Å². The summed E-state index contributed by atoms with van der Waals surface area (Å²) in [5, 5.41) is 19.8. The zero-order valence-corrected chi connectivity index (χ0v) is 14.8. The van der Waals surface area contributed by atoms with Crippen molar-refractivity contribution < 1.29 is 14.9 Å². The van der Waals surface area contributed by atoms with Crippen LogP contribution in [0.15, 0.2) is 47.3 Å². The zero-order valence-electron chi connectivity index (χ0n) is 14.8. The topological polar surface area (TPSA) is 84.6 Å². The van der Waals surface area contributed by atoms with Gasteiger partial charge in [-0.1, -0.05) is 42.5 Å². The maximum atomic E-state index is 12.3. The number of hydrogen-bond acceptors (Lipinski definition) is 5. The Balaban J connectivity index is 2.05. The van der Waals surface area contributed by atoms with Gasteiger partial charge in [-0.3, -0.25) is 9.36 Å². The Labute approximate surface area is 151 Å². The first-order chi connectivity index (χ1) is 12.5. The van der Waals surface area contributed by atoms with Crippen LogP contribution in [-0.2, 0) is 18.2 Å². The fourth-order valence-electron chi connectivity index (χ4n) is 3.03. The number of allylic oxidation sites excluding steroid dienone is 4. The van der Waals surface area contributed by atoms with Crippen molar-refractivity contribution >= 4 is 5.57 Å². The molecule has 1 unspecified atom stereocenters. The highest BCUT2D eigenvalue weighted by Crippen LogP contribution is 2.26. The number of hydrogen-bond donors (Lipinski definition) is 2. The van der Waals surface area contributed by atoms with Crippen LogP contribution in [0.3, 0.4) is 0 Å². The van der Waals surface area contributed by atoms with Crippen LogP contribution in [0.4, 0.5) is 0 Å². The lowest BCUT2D eigenvalue weighted by Crippen LogP contribution is -2.25. The van der Waals surface area contributed by atoms with Crippen LogP contribution >= 0.6 is 0 Å². The van der Waals surface area contributed by atoms with Crippen molar-refractivity contribution in [2.75, 3.05) is 7.11 Å². The molecular formula is C20H22N2O4. The number of aromatic nitrogens is 2. The first-order valence-corrected chi connectivity index (χ1v) is 8.47. The number of aliphatic hydroxyl groups excluding tert-OH is 1. The summed E-state index contributed by atoms with van der Waals surface area (Å²) < 4.78 is 6.10. The Morgan fingerprint density at radius 3 is 2.77 bits per heavy atom. The van der Waals surface area contributed by atoms with Crippen molar-refractivity contribution in [2.24, 2.45) is 7.05 Å². The lowest BCUT2D eigenvalue weighted by molar-refractivity contribution is -0.0815. The fourth-order valence-corrected chi connectivity index (χ4v) is 3.03. The maximum absolute atomic E-state index is 12.3. The molecule has 6 nitrogen and oxygen atoms in total. The molecule has 1 aromatic carbocycles. The normalized spacial score (nSPS) is 15.0. The number of aliphatic hydroxyl groups is 1. The average molecular weight is 354 g/mol. The van der Waals surface area contributed by atoms with Crippen LogP contribution in [0.1, 0.15) is 41.8 Å². The summed E-state index contributed by atoms with van der Waals surface area (Å²) in [6, 6.07) is 7.95. The fraction of sp³-hybridized carbons (Fsp3) is 0.300. The van der Waals surface area contributed by atoms with E-state index in [1.165, 1.54) is 11.7 Å². The number of ether oxygens (including phenoxy) is 1. The van der Waals surface area contributed by atoms with E-state index in [1.807, 2.05) is 24.3 Å². The third kappa shape index (κ3) is 3.47. The van der Waals surface area contributed by atoms with Gasteiger partial charge in [0.15, 0.2) is 0 Å². The van der Waals surface area contributed by atoms with Crippen molar-refractivity contribution in [1.29, 1.82) is 0 Å². The Morgan fingerprint density at radius 1 is 1.31 bits per heavy atom. The molecule has 0 spiro atoms. The van der Waals surface area contributed by atoms with Crippen molar-refractivity contribution in [3.8, 4) is 5.75 Å². The quantitative estimate of drug-likeness (QED) is 0.806. The molecular weight excluding hydrogens is 332 g/mol. The van der Waals surface area contributed by atoms with Gasteiger partial charge in [0, 0.05) is 20.6 Å². The van der Waals surface area contributed by atoms with Gasteiger partial charge in [0.2, 0.25) is 12.0 Å². The van der Waals surface area contributed by atoms with Crippen molar-refractivity contribution in [3.05, 3.63) is 75.5 Å². The summed E-state index contributed by atoms with van der Waals surface area (Å²) in [6.07, 6.45) is 7.42.